The van der Waals surface area contributed by atoms with E-state index in [1.165, 1.54) is 34.5 Å². The van der Waals surface area contributed by atoms with Crippen molar-refractivity contribution in [3.63, 3.8) is 0 Å². The number of ketones is 2. The Balaban J connectivity index is 1.07. The first-order valence-corrected chi connectivity index (χ1v) is 26.6. The zero-order valence-corrected chi connectivity index (χ0v) is 45.6. The first-order valence-electron chi connectivity index (χ1n) is 26.6. The number of Topliss-reactive ketones (excluding diaryl/α,β-unsaturated/α-hetero) is 2. The Kier molecular flexibility index (Phi) is 23.9. The van der Waals surface area contributed by atoms with Crippen molar-refractivity contribution in [1.29, 1.82) is 0 Å². The van der Waals surface area contributed by atoms with Crippen LogP contribution < -0.4 is 51.4 Å². The Morgan fingerprint density at radius 1 is 0.769 bits per heavy atom. The van der Waals surface area contributed by atoms with Crippen molar-refractivity contribution in [1.82, 2.24) is 20.9 Å². The molecule has 78 heavy (non-hydrogen) atoms. The number of carboxylic acids is 1. The number of hydrogen-bond acceptors (Lipinski definition) is 14. The fraction of sp³-hybridized carbons (Fsp3) is 0.526. The molecule has 0 spiro atoms. The summed E-state index contributed by atoms with van der Waals surface area (Å²) in [6, 6.07) is 11.4. The van der Waals surface area contributed by atoms with Crippen molar-refractivity contribution in [3.8, 4) is 34.1 Å². The molecular formula is C57H76N6O15. The van der Waals surface area contributed by atoms with Crippen LogP contribution >= 0.6 is 0 Å². The quantitative estimate of drug-likeness (QED) is 0.0430. The number of urea groups is 1. The molecule has 6 amide bonds. The highest BCUT2D eigenvalue weighted by molar-refractivity contribution is 5.97. The molecule has 0 radical (unpaired) electrons. The van der Waals surface area contributed by atoms with Gasteiger partial charge in [0.25, 0.3) is 0 Å². The third-order valence-corrected chi connectivity index (χ3v) is 14.1. The van der Waals surface area contributed by atoms with E-state index in [1.807, 2.05) is 6.07 Å². The summed E-state index contributed by atoms with van der Waals surface area (Å²) in [5.74, 6) is -2.72. The predicted molar refractivity (Wildman–Crippen MR) is 289 cm³/mol. The van der Waals surface area contributed by atoms with Gasteiger partial charge < -0.3 is 60.7 Å². The second-order valence-corrected chi connectivity index (χ2v) is 20.0. The highest BCUT2D eigenvalue weighted by Crippen LogP contribution is 2.50. The maximum atomic E-state index is 13.7. The molecule has 1 heterocycles. The fourth-order valence-electron chi connectivity index (χ4n) is 9.83. The molecule has 3 atom stereocenters. The largest absolute Gasteiger partial charge is 0.493 e. The van der Waals surface area contributed by atoms with Gasteiger partial charge in [0.2, 0.25) is 34.8 Å². The number of likely N-dealkylation sites (tertiary alicyclic amines) is 1. The maximum Gasteiger partial charge on any atom is 0.312 e. The van der Waals surface area contributed by atoms with Crippen molar-refractivity contribution in [2.75, 3.05) is 60.0 Å². The van der Waals surface area contributed by atoms with E-state index < -0.39 is 47.7 Å². The van der Waals surface area contributed by atoms with Crippen molar-refractivity contribution >= 4 is 52.9 Å². The third-order valence-electron chi connectivity index (χ3n) is 14.1. The lowest BCUT2D eigenvalue weighted by Crippen LogP contribution is -2.45. The Morgan fingerprint density at radius 2 is 1.45 bits per heavy atom. The summed E-state index contributed by atoms with van der Waals surface area (Å²) in [4.78, 5) is 117. The molecule has 21 heteroatoms. The van der Waals surface area contributed by atoms with Crippen molar-refractivity contribution in [3.05, 3.63) is 75.4 Å². The lowest BCUT2D eigenvalue weighted by atomic mass is 9.89. The lowest BCUT2D eigenvalue weighted by molar-refractivity contribution is -0.145. The minimum Gasteiger partial charge on any atom is -0.493 e. The summed E-state index contributed by atoms with van der Waals surface area (Å²) in [6.07, 6.45) is 3.75. The SMILES string of the molecule is COc1cc2c(c(OC)c1OC)-c1ccc(OC)c(=O)cc1C(NC(=O)CCCCC(=O)COCc1ccc(NC(=O)[C@H](CCCNC(N)=O)CC(=O)[C@@H](NC(=O)CCCC(=O)N3CCC(C(=O)O)CC3)C(C)C)cc1)CC2. The maximum absolute atomic E-state index is 13.7. The molecule has 0 saturated carbocycles. The van der Waals surface area contributed by atoms with E-state index in [4.69, 9.17) is 29.4 Å². The van der Waals surface area contributed by atoms with Gasteiger partial charge in [-0.3, -0.25) is 38.4 Å². The van der Waals surface area contributed by atoms with Crippen LogP contribution in [0.4, 0.5) is 10.5 Å². The number of carbonyl (C=O) groups excluding carboxylic acids is 7. The number of primary amides is 1. The normalized spacial score (nSPS) is 14.8. The van der Waals surface area contributed by atoms with Crippen LogP contribution in [0.1, 0.15) is 120 Å². The number of nitrogens with two attached hydrogens (primary N) is 1. The number of piperidine rings is 1. The monoisotopic (exact) mass is 1080 g/mol. The van der Waals surface area contributed by atoms with Crippen LogP contribution in [0.3, 0.4) is 0 Å². The van der Waals surface area contributed by atoms with Gasteiger partial charge in [0.1, 0.15) is 6.61 Å². The molecule has 1 saturated heterocycles. The number of aliphatic carboxylic acids is 1. The van der Waals surface area contributed by atoms with Gasteiger partial charge in [-0.2, -0.15) is 0 Å². The van der Waals surface area contributed by atoms with Crippen LogP contribution in [-0.4, -0.2) is 118 Å². The lowest BCUT2D eigenvalue weighted by Gasteiger charge is -2.30. The van der Waals surface area contributed by atoms with E-state index in [0.717, 1.165) is 16.7 Å². The van der Waals surface area contributed by atoms with Crippen LogP contribution in [0.15, 0.2) is 53.3 Å². The summed E-state index contributed by atoms with van der Waals surface area (Å²) < 4.78 is 28.2. The summed E-state index contributed by atoms with van der Waals surface area (Å²) in [6.45, 7) is 4.42. The van der Waals surface area contributed by atoms with Crippen molar-refractivity contribution in [2.24, 2.45) is 23.5 Å². The smallest absolute Gasteiger partial charge is 0.312 e. The number of nitrogens with one attached hydrogen (secondary N) is 4. The molecule has 2 aliphatic rings. The number of carbonyl (C=O) groups is 8. The molecule has 7 N–H and O–H groups in total. The first kappa shape index (κ1) is 61.3. The van der Waals surface area contributed by atoms with E-state index >= 15 is 0 Å². The van der Waals surface area contributed by atoms with Crippen molar-refractivity contribution < 1.29 is 67.1 Å². The number of methoxy groups -OCH3 is 4. The van der Waals surface area contributed by atoms with Gasteiger partial charge >= 0.3 is 12.0 Å². The number of fused-ring (bicyclic) bond motifs is 3. The van der Waals surface area contributed by atoms with E-state index in [9.17, 15) is 48.3 Å². The molecule has 3 aromatic rings. The number of nitrogens with zero attached hydrogens (tertiary/aromatic N) is 1. The van der Waals surface area contributed by atoms with Crippen LogP contribution in [0.5, 0.6) is 23.0 Å². The van der Waals surface area contributed by atoms with Crippen LogP contribution in [-0.2, 0) is 51.3 Å². The van der Waals surface area contributed by atoms with Gasteiger partial charge in [-0.1, -0.05) is 32.0 Å². The molecule has 1 aliphatic carbocycles. The number of hydrogen-bond donors (Lipinski definition) is 6. The van der Waals surface area contributed by atoms with Crippen LogP contribution in [0, 0.1) is 17.8 Å². The molecule has 3 aromatic carbocycles. The van der Waals surface area contributed by atoms with E-state index in [2.05, 4.69) is 21.3 Å². The van der Waals surface area contributed by atoms with Gasteiger partial charge in [0, 0.05) is 68.9 Å². The van der Waals surface area contributed by atoms with Gasteiger partial charge in [-0.25, -0.2) is 4.79 Å². The van der Waals surface area contributed by atoms with E-state index in [-0.39, 0.29) is 105 Å². The minimum absolute atomic E-state index is 0.000159. The number of benzene rings is 2. The summed E-state index contributed by atoms with van der Waals surface area (Å²) in [5, 5.41) is 20.5. The zero-order chi connectivity index (χ0) is 56.9. The van der Waals surface area contributed by atoms with Crippen LogP contribution in [0.2, 0.25) is 0 Å². The standard InChI is InChI=1S/C57H76N6O15/c1-34(2)52(62-49(68)14-9-15-50(69)63-27-24-36(25-28-63)56(71)72)45(66)29-38(11-10-26-59-57(58)73)55(70)60-39-19-16-35(17-20-39)32-78-33-40(64)12-7-8-13-48(67)61-43-22-18-37-30-47(75-4)53(76-5)54(77-6)51(37)41-21-23-46(74-3)44(65)31-42(41)43/h16-17,19-21,23,30-31,34,36,38,43,52H,7-15,18,22,24-29,32-33H2,1-6H3,(H,60,70)(H,61,67)(H,62,68)(H,71,72)(H3,58,59,73)/t38-,43?,52+/m1/s1. The fourth-order valence-corrected chi connectivity index (χ4v) is 9.83. The number of amides is 6. The molecule has 0 bridgehead atoms. The van der Waals surface area contributed by atoms with Crippen LogP contribution in [0.25, 0.3) is 11.1 Å². The van der Waals surface area contributed by atoms with Crippen molar-refractivity contribution in [2.45, 2.75) is 122 Å². The number of ether oxygens (including phenoxy) is 5. The van der Waals surface area contributed by atoms with E-state index in [1.54, 1.807) is 55.1 Å². The number of aryl methyl sites for hydroxylation is 1. The topological polar surface area (TPSA) is 297 Å². The molecule has 0 aromatic heterocycles. The summed E-state index contributed by atoms with van der Waals surface area (Å²) >= 11 is 0. The minimum atomic E-state index is -0.899. The predicted octanol–water partition coefficient (Wildman–Crippen LogP) is 5.79. The highest BCUT2D eigenvalue weighted by atomic mass is 16.5. The molecule has 424 valence electrons. The summed E-state index contributed by atoms with van der Waals surface area (Å²) in [7, 11) is 6.01. The molecule has 1 aliphatic heterocycles. The van der Waals surface area contributed by atoms with Gasteiger partial charge in [0.15, 0.2) is 28.8 Å². The molecule has 21 nitrogen and oxygen atoms in total. The van der Waals surface area contributed by atoms with Gasteiger partial charge in [0.05, 0.1) is 53.0 Å². The zero-order valence-electron chi connectivity index (χ0n) is 45.6. The Labute approximate surface area is 455 Å². The Hall–Kier alpha value is -7.55. The Bertz CT molecular complexity index is 2670. The number of unbranched alkanes of at least 4 members (excludes halogenated alkanes) is 1. The highest BCUT2D eigenvalue weighted by Gasteiger charge is 2.32. The Morgan fingerprint density at radius 3 is 2.09 bits per heavy atom. The molecule has 1 fully saturated rings. The number of carboxylic acid groups (broad SMARTS) is 1. The third kappa shape index (κ3) is 17.8. The second-order valence-electron chi connectivity index (χ2n) is 20.0. The van der Waals surface area contributed by atoms with Gasteiger partial charge in [-0.05, 0) is 116 Å². The molecule has 5 rings (SSSR count). The second kappa shape index (κ2) is 30.4. The molecule has 1 unspecified atom stereocenters. The average Bonchev–Trinajstić information content (AvgIpc) is 3.70. The first-order chi connectivity index (χ1) is 37.4. The molecular weight excluding hydrogens is 1010 g/mol. The number of rotatable bonds is 30. The van der Waals surface area contributed by atoms with E-state index in [0.29, 0.717) is 92.1 Å². The number of anilines is 1. The summed E-state index contributed by atoms with van der Waals surface area (Å²) in [5.41, 5.74) is 8.95. The average molecular weight is 1090 g/mol. The van der Waals surface area contributed by atoms with Gasteiger partial charge in [-0.15, -0.1) is 0 Å².